The first-order valence-electron chi connectivity index (χ1n) is 5.43. The fourth-order valence-corrected chi connectivity index (χ4v) is 3.58. The van der Waals surface area contributed by atoms with Gasteiger partial charge in [-0.15, -0.1) is 0 Å². The second-order valence-corrected chi connectivity index (χ2v) is 5.95. The number of furan rings is 1. The zero-order valence-electron chi connectivity index (χ0n) is 9.24. The number of hydrogen-bond donors (Lipinski definition) is 1. The quantitative estimate of drug-likeness (QED) is 0.811. The van der Waals surface area contributed by atoms with E-state index in [1.54, 1.807) is 12.5 Å². The van der Waals surface area contributed by atoms with Crippen molar-refractivity contribution in [2.75, 3.05) is 5.32 Å². The molecular weight excluding hydrogens is 362 g/mol. The highest BCUT2D eigenvalue weighted by Gasteiger charge is 2.22. The number of carbonyl (C=O) groups is 1. The maximum atomic E-state index is 11.4. The third-order valence-corrected chi connectivity index (χ3v) is 4.67. The van der Waals surface area contributed by atoms with E-state index < -0.39 is 0 Å². The van der Waals surface area contributed by atoms with E-state index >= 15 is 0 Å². The molecule has 0 aliphatic carbocycles. The van der Waals surface area contributed by atoms with Crippen LogP contribution in [0.3, 0.4) is 0 Å². The summed E-state index contributed by atoms with van der Waals surface area (Å²) >= 11 is 7.20. The van der Waals surface area contributed by atoms with Crippen molar-refractivity contribution in [2.45, 2.75) is 11.2 Å². The topological polar surface area (TPSA) is 42.2 Å². The van der Waals surface area contributed by atoms with E-state index in [1.165, 1.54) is 0 Å². The van der Waals surface area contributed by atoms with Gasteiger partial charge in [0.1, 0.15) is 0 Å². The Hall–Kier alpha value is -1.07. The molecule has 0 saturated heterocycles. The van der Waals surface area contributed by atoms with Crippen LogP contribution in [-0.4, -0.2) is 5.91 Å². The van der Waals surface area contributed by atoms with Gasteiger partial charge in [0.05, 0.1) is 23.8 Å². The third kappa shape index (κ3) is 2.01. The van der Waals surface area contributed by atoms with Crippen molar-refractivity contribution in [1.29, 1.82) is 0 Å². The van der Waals surface area contributed by atoms with Gasteiger partial charge in [0, 0.05) is 15.7 Å². The molecule has 0 saturated carbocycles. The van der Waals surface area contributed by atoms with Crippen molar-refractivity contribution in [2.24, 2.45) is 0 Å². The van der Waals surface area contributed by atoms with Crippen LogP contribution >= 0.6 is 31.9 Å². The molecule has 1 aliphatic heterocycles. The number of amides is 1. The van der Waals surface area contributed by atoms with Gasteiger partial charge in [-0.25, -0.2) is 0 Å². The number of alkyl halides is 1. The zero-order chi connectivity index (χ0) is 12.7. The van der Waals surface area contributed by atoms with Gasteiger partial charge in [0.2, 0.25) is 5.91 Å². The molecule has 0 bridgehead atoms. The summed E-state index contributed by atoms with van der Waals surface area (Å²) in [6.45, 7) is 0. The third-order valence-electron chi connectivity index (χ3n) is 2.96. The zero-order valence-corrected chi connectivity index (χ0v) is 12.4. The van der Waals surface area contributed by atoms with Gasteiger partial charge in [0.15, 0.2) is 0 Å². The highest BCUT2D eigenvalue weighted by molar-refractivity contribution is 9.11. The molecule has 1 amide bonds. The van der Waals surface area contributed by atoms with Gasteiger partial charge >= 0.3 is 0 Å². The van der Waals surface area contributed by atoms with E-state index in [1.807, 2.05) is 18.2 Å². The molecule has 0 radical (unpaired) electrons. The van der Waals surface area contributed by atoms with Crippen LogP contribution in [0.15, 0.2) is 39.6 Å². The molecule has 1 aromatic carbocycles. The summed E-state index contributed by atoms with van der Waals surface area (Å²) in [5.41, 5.74) is 4.06. The van der Waals surface area contributed by atoms with E-state index in [4.69, 9.17) is 4.42 Å². The maximum Gasteiger partial charge on any atom is 0.228 e. The lowest BCUT2D eigenvalue weighted by molar-refractivity contribution is -0.115. The van der Waals surface area contributed by atoms with Gasteiger partial charge in [0.25, 0.3) is 0 Å². The van der Waals surface area contributed by atoms with Crippen molar-refractivity contribution in [3.8, 4) is 0 Å². The summed E-state index contributed by atoms with van der Waals surface area (Å²) < 4.78 is 6.06. The summed E-state index contributed by atoms with van der Waals surface area (Å²) in [6.07, 6.45) is 3.80. The van der Waals surface area contributed by atoms with Gasteiger partial charge in [-0.1, -0.05) is 37.9 Å². The minimum absolute atomic E-state index is 0.0449. The first-order chi connectivity index (χ1) is 8.65. The van der Waals surface area contributed by atoms with Crippen molar-refractivity contribution >= 4 is 43.5 Å². The number of nitrogens with one attached hydrogen (secondary N) is 1. The Balaban J connectivity index is 2.03. The fourth-order valence-electron chi connectivity index (χ4n) is 2.06. The number of hydrogen-bond acceptors (Lipinski definition) is 2. The Morgan fingerprint density at radius 1 is 1.39 bits per heavy atom. The Kier molecular flexibility index (Phi) is 3.03. The Morgan fingerprint density at radius 3 is 2.94 bits per heavy atom. The number of rotatable bonds is 2. The molecule has 3 nitrogen and oxygen atoms in total. The van der Waals surface area contributed by atoms with E-state index in [-0.39, 0.29) is 10.7 Å². The predicted octanol–water partition coefficient (Wildman–Crippen LogP) is 4.02. The van der Waals surface area contributed by atoms with Crippen LogP contribution in [0.4, 0.5) is 5.69 Å². The molecule has 1 atom stereocenters. The molecule has 0 fully saturated rings. The Bertz CT molecular complexity index is 608. The largest absolute Gasteiger partial charge is 0.472 e. The SMILES string of the molecule is O=C1Cc2cc(C(Br)c3ccoc3)c(Br)cc2N1. The Labute approximate surface area is 121 Å². The van der Waals surface area contributed by atoms with E-state index in [0.29, 0.717) is 6.42 Å². The van der Waals surface area contributed by atoms with Crippen LogP contribution in [-0.2, 0) is 11.2 Å². The van der Waals surface area contributed by atoms with E-state index in [9.17, 15) is 4.79 Å². The summed E-state index contributed by atoms with van der Waals surface area (Å²) in [4.78, 5) is 11.4. The standard InChI is InChI=1S/C13H9Br2NO2/c14-10-5-11-8(4-12(17)16-11)3-9(10)13(15)7-1-2-18-6-7/h1-3,5-6,13H,4H2,(H,16,17). The van der Waals surface area contributed by atoms with Crippen LogP contribution in [0.5, 0.6) is 0 Å². The van der Waals surface area contributed by atoms with Crippen LogP contribution < -0.4 is 5.32 Å². The molecule has 5 heteroatoms. The molecule has 18 heavy (non-hydrogen) atoms. The lowest BCUT2D eigenvalue weighted by Crippen LogP contribution is -2.03. The molecule has 1 aromatic heterocycles. The summed E-state index contributed by atoms with van der Waals surface area (Å²) in [5, 5.41) is 2.84. The number of benzene rings is 1. The van der Waals surface area contributed by atoms with Gasteiger partial charge < -0.3 is 9.73 Å². The smallest absolute Gasteiger partial charge is 0.228 e. The highest BCUT2D eigenvalue weighted by atomic mass is 79.9. The lowest BCUT2D eigenvalue weighted by Gasteiger charge is -2.12. The fraction of sp³-hybridized carbons (Fsp3) is 0.154. The average molecular weight is 371 g/mol. The number of anilines is 1. The minimum atomic E-state index is 0.0449. The maximum absolute atomic E-state index is 11.4. The lowest BCUT2D eigenvalue weighted by atomic mass is 10.0. The highest BCUT2D eigenvalue weighted by Crippen LogP contribution is 2.39. The van der Waals surface area contributed by atoms with E-state index in [0.717, 1.165) is 26.9 Å². The van der Waals surface area contributed by atoms with Crippen LogP contribution in [0.25, 0.3) is 0 Å². The van der Waals surface area contributed by atoms with Crippen LogP contribution in [0, 0.1) is 0 Å². The second kappa shape index (κ2) is 4.55. The summed E-state index contributed by atoms with van der Waals surface area (Å²) in [6, 6.07) is 5.91. The van der Waals surface area contributed by atoms with Crippen molar-refractivity contribution in [3.63, 3.8) is 0 Å². The molecule has 1 unspecified atom stereocenters. The minimum Gasteiger partial charge on any atom is -0.472 e. The Morgan fingerprint density at radius 2 is 2.22 bits per heavy atom. The summed E-state index contributed by atoms with van der Waals surface area (Å²) in [5.74, 6) is 0.0449. The molecule has 3 rings (SSSR count). The normalized spacial score (nSPS) is 15.3. The monoisotopic (exact) mass is 369 g/mol. The van der Waals surface area contributed by atoms with E-state index in [2.05, 4.69) is 37.2 Å². The molecule has 2 heterocycles. The van der Waals surface area contributed by atoms with Gasteiger partial charge in [-0.2, -0.15) is 0 Å². The van der Waals surface area contributed by atoms with Crippen molar-refractivity contribution in [3.05, 3.63) is 51.9 Å². The first kappa shape index (κ1) is 12.0. The van der Waals surface area contributed by atoms with Crippen molar-refractivity contribution in [1.82, 2.24) is 0 Å². The average Bonchev–Trinajstić information content (AvgIpc) is 2.94. The van der Waals surface area contributed by atoms with Gasteiger partial charge in [-0.05, 0) is 23.3 Å². The summed E-state index contributed by atoms with van der Waals surface area (Å²) in [7, 11) is 0. The molecular formula is C13H9Br2NO2. The number of fused-ring (bicyclic) bond motifs is 1. The molecule has 92 valence electrons. The number of carbonyl (C=O) groups excluding carboxylic acids is 1. The van der Waals surface area contributed by atoms with Crippen LogP contribution in [0.2, 0.25) is 0 Å². The number of halogens is 2. The first-order valence-corrected chi connectivity index (χ1v) is 7.14. The predicted molar refractivity (Wildman–Crippen MR) is 76.0 cm³/mol. The van der Waals surface area contributed by atoms with Crippen molar-refractivity contribution < 1.29 is 9.21 Å². The molecule has 2 aromatic rings. The van der Waals surface area contributed by atoms with Gasteiger partial charge in [-0.3, -0.25) is 4.79 Å². The second-order valence-electron chi connectivity index (χ2n) is 4.18. The molecule has 1 aliphatic rings. The molecule has 1 N–H and O–H groups in total. The van der Waals surface area contributed by atoms with Crippen LogP contribution in [0.1, 0.15) is 21.5 Å². The molecule has 0 spiro atoms.